The maximum absolute atomic E-state index is 11.6. The average Bonchev–Trinajstić information content (AvgIpc) is 2.17. The molecule has 1 saturated heterocycles. The Hall–Kier alpha value is -1.06. The van der Waals surface area contributed by atoms with E-state index in [4.69, 9.17) is 16.7 Å². The molecule has 0 saturated carbocycles. The summed E-state index contributed by atoms with van der Waals surface area (Å²) in [4.78, 5) is 13.3. The highest BCUT2D eigenvalue weighted by molar-refractivity contribution is 6.31. The fourth-order valence-corrected chi connectivity index (χ4v) is 1.78. The standard InChI is InChI=1S/C11H12ClNO2/c12-10-4-2-1-3-8(10)5-11(15)13-6-9(14)7-13/h1-4,9,14H,5-7H2. The van der Waals surface area contributed by atoms with Gasteiger partial charge in [-0.1, -0.05) is 29.8 Å². The van der Waals surface area contributed by atoms with E-state index in [-0.39, 0.29) is 12.0 Å². The Bertz CT molecular complexity index is 375. The molecule has 0 aromatic heterocycles. The molecule has 1 aromatic carbocycles. The summed E-state index contributed by atoms with van der Waals surface area (Å²) < 4.78 is 0. The lowest BCUT2D eigenvalue weighted by Crippen LogP contribution is -2.53. The van der Waals surface area contributed by atoms with Crippen molar-refractivity contribution >= 4 is 17.5 Å². The topological polar surface area (TPSA) is 40.5 Å². The van der Waals surface area contributed by atoms with Crippen LogP contribution in [0, 0.1) is 0 Å². The molecule has 2 rings (SSSR count). The first-order valence-electron chi connectivity index (χ1n) is 4.86. The molecule has 0 atom stereocenters. The Balaban J connectivity index is 1.97. The summed E-state index contributed by atoms with van der Waals surface area (Å²) in [6.07, 6.45) is -0.0351. The zero-order chi connectivity index (χ0) is 10.8. The molecule has 1 aromatic rings. The van der Waals surface area contributed by atoms with Gasteiger partial charge in [0, 0.05) is 18.1 Å². The third-order valence-corrected chi connectivity index (χ3v) is 2.88. The third kappa shape index (κ3) is 2.30. The maximum Gasteiger partial charge on any atom is 0.227 e. The van der Waals surface area contributed by atoms with Crippen LogP contribution in [0.3, 0.4) is 0 Å². The summed E-state index contributed by atoms with van der Waals surface area (Å²) in [6.45, 7) is 0.895. The van der Waals surface area contributed by atoms with E-state index < -0.39 is 0 Å². The number of nitrogens with zero attached hydrogens (tertiary/aromatic N) is 1. The summed E-state index contributed by atoms with van der Waals surface area (Å²) in [5, 5.41) is 9.69. The second-order valence-corrected chi connectivity index (χ2v) is 4.13. The molecule has 4 heteroatoms. The Morgan fingerprint density at radius 3 is 2.73 bits per heavy atom. The van der Waals surface area contributed by atoms with Crippen LogP contribution < -0.4 is 0 Å². The fourth-order valence-electron chi connectivity index (χ4n) is 1.58. The van der Waals surface area contributed by atoms with Gasteiger partial charge in [-0.2, -0.15) is 0 Å². The number of likely N-dealkylation sites (tertiary alicyclic amines) is 1. The van der Waals surface area contributed by atoms with Gasteiger partial charge in [-0.3, -0.25) is 4.79 Å². The van der Waals surface area contributed by atoms with E-state index >= 15 is 0 Å². The first-order valence-corrected chi connectivity index (χ1v) is 5.24. The van der Waals surface area contributed by atoms with Crippen LogP contribution in [-0.2, 0) is 11.2 Å². The van der Waals surface area contributed by atoms with E-state index in [2.05, 4.69) is 0 Å². The van der Waals surface area contributed by atoms with Crippen molar-refractivity contribution < 1.29 is 9.90 Å². The van der Waals surface area contributed by atoms with Crippen LogP contribution in [0.2, 0.25) is 5.02 Å². The number of benzene rings is 1. The van der Waals surface area contributed by atoms with Gasteiger partial charge in [-0.05, 0) is 11.6 Å². The number of halogens is 1. The summed E-state index contributed by atoms with van der Waals surface area (Å²) in [7, 11) is 0. The van der Waals surface area contributed by atoms with Crippen LogP contribution in [-0.4, -0.2) is 35.1 Å². The highest BCUT2D eigenvalue weighted by atomic mass is 35.5. The molecule has 1 aliphatic heterocycles. The molecule has 3 nitrogen and oxygen atoms in total. The van der Waals surface area contributed by atoms with E-state index in [1.165, 1.54) is 0 Å². The Kier molecular flexibility index (Phi) is 2.93. The second kappa shape index (κ2) is 4.21. The van der Waals surface area contributed by atoms with E-state index in [1.807, 2.05) is 18.2 Å². The predicted molar refractivity (Wildman–Crippen MR) is 57.7 cm³/mol. The number of aliphatic hydroxyl groups excluding tert-OH is 1. The Morgan fingerprint density at radius 1 is 1.47 bits per heavy atom. The fraction of sp³-hybridized carbons (Fsp3) is 0.364. The van der Waals surface area contributed by atoms with E-state index in [9.17, 15) is 4.79 Å². The molecule has 1 aliphatic rings. The predicted octanol–water partition coefficient (Wildman–Crippen LogP) is 1.09. The summed E-state index contributed by atoms with van der Waals surface area (Å²) >= 11 is 5.94. The molecular formula is C11H12ClNO2. The molecule has 80 valence electrons. The molecule has 1 amide bonds. The van der Waals surface area contributed by atoms with Gasteiger partial charge in [-0.15, -0.1) is 0 Å². The van der Waals surface area contributed by atoms with Gasteiger partial charge in [0.2, 0.25) is 5.91 Å². The van der Waals surface area contributed by atoms with Gasteiger partial charge in [0.1, 0.15) is 0 Å². The lowest BCUT2D eigenvalue weighted by molar-refractivity contribution is -0.140. The van der Waals surface area contributed by atoms with Crippen molar-refractivity contribution in [1.29, 1.82) is 0 Å². The number of carbonyl (C=O) groups is 1. The highest BCUT2D eigenvalue weighted by Crippen LogP contribution is 2.17. The number of carbonyl (C=O) groups excluding carboxylic acids is 1. The van der Waals surface area contributed by atoms with Crippen molar-refractivity contribution in [3.8, 4) is 0 Å². The van der Waals surface area contributed by atoms with Crippen LogP contribution in [0.1, 0.15) is 5.56 Å². The zero-order valence-corrected chi connectivity index (χ0v) is 8.94. The van der Waals surface area contributed by atoms with Crippen molar-refractivity contribution in [2.24, 2.45) is 0 Å². The number of rotatable bonds is 2. The molecule has 0 radical (unpaired) electrons. The highest BCUT2D eigenvalue weighted by Gasteiger charge is 2.28. The van der Waals surface area contributed by atoms with Crippen LogP contribution >= 0.6 is 11.6 Å². The van der Waals surface area contributed by atoms with Gasteiger partial charge in [-0.25, -0.2) is 0 Å². The average molecular weight is 226 g/mol. The largest absolute Gasteiger partial charge is 0.389 e. The minimum atomic E-state index is -0.347. The summed E-state index contributed by atoms with van der Waals surface area (Å²) in [5.41, 5.74) is 0.838. The van der Waals surface area contributed by atoms with Crippen LogP contribution in [0.25, 0.3) is 0 Å². The van der Waals surface area contributed by atoms with E-state index in [0.29, 0.717) is 24.5 Å². The third-order valence-electron chi connectivity index (χ3n) is 2.51. The SMILES string of the molecule is O=C(Cc1ccccc1Cl)N1CC(O)C1. The number of aliphatic hydroxyl groups is 1. The van der Waals surface area contributed by atoms with Gasteiger partial charge < -0.3 is 10.0 Å². The van der Waals surface area contributed by atoms with Crippen molar-refractivity contribution in [3.63, 3.8) is 0 Å². The van der Waals surface area contributed by atoms with Crippen LogP contribution in [0.15, 0.2) is 24.3 Å². The summed E-state index contributed by atoms with van der Waals surface area (Å²) in [5.74, 6) is 0.0217. The van der Waals surface area contributed by atoms with Gasteiger partial charge in [0.15, 0.2) is 0 Å². The molecule has 15 heavy (non-hydrogen) atoms. The minimum absolute atomic E-state index is 0.0217. The molecule has 0 bridgehead atoms. The molecule has 0 aliphatic carbocycles. The monoisotopic (exact) mass is 225 g/mol. The number of amides is 1. The smallest absolute Gasteiger partial charge is 0.227 e. The molecule has 1 fully saturated rings. The second-order valence-electron chi connectivity index (χ2n) is 3.72. The van der Waals surface area contributed by atoms with Gasteiger partial charge in [0.25, 0.3) is 0 Å². The lowest BCUT2D eigenvalue weighted by Gasteiger charge is -2.36. The van der Waals surface area contributed by atoms with Crippen molar-refractivity contribution in [2.45, 2.75) is 12.5 Å². The summed E-state index contributed by atoms with van der Waals surface area (Å²) in [6, 6.07) is 7.31. The number of hydrogen-bond donors (Lipinski definition) is 1. The zero-order valence-electron chi connectivity index (χ0n) is 8.19. The molecular weight excluding hydrogens is 214 g/mol. The first kappa shape index (κ1) is 10.5. The maximum atomic E-state index is 11.6. The van der Waals surface area contributed by atoms with Crippen molar-refractivity contribution in [3.05, 3.63) is 34.9 Å². The Morgan fingerprint density at radius 2 is 2.13 bits per heavy atom. The Labute approximate surface area is 93.3 Å². The number of hydrogen-bond acceptors (Lipinski definition) is 2. The van der Waals surface area contributed by atoms with E-state index in [1.54, 1.807) is 11.0 Å². The number of β-amino-alcohol motifs (C(OH)–C–C–N with tert-alkyl or cyclic N) is 1. The van der Waals surface area contributed by atoms with Crippen LogP contribution in [0.4, 0.5) is 0 Å². The van der Waals surface area contributed by atoms with Crippen molar-refractivity contribution in [1.82, 2.24) is 4.90 Å². The molecule has 1 heterocycles. The first-order chi connectivity index (χ1) is 7.16. The molecule has 0 spiro atoms. The molecule has 1 N–H and O–H groups in total. The van der Waals surface area contributed by atoms with E-state index in [0.717, 1.165) is 5.56 Å². The molecule has 0 unspecified atom stereocenters. The van der Waals surface area contributed by atoms with Gasteiger partial charge >= 0.3 is 0 Å². The lowest BCUT2D eigenvalue weighted by atomic mass is 10.1. The minimum Gasteiger partial charge on any atom is -0.389 e. The van der Waals surface area contributed by atoms with Gasteiger partial charge in [0.05, 0.1) is 12.5 Å². The quantitative estimate of drug-likeness (QED) is 0.819. The van der Waals surface area contributed by atoms with Crippen LogP contribution in [0.5, 0.6) is 0 Å². The normalized spacial score (nSPS) is 16.3. The van der Waals surface area contributed by atoms with Crippen molar-refractivity contribution in [2.75, 3.05) is 13.1 Å².